The van der Waals surface area contributed by atoms with Gasteiger partial charge in [0.1, 0.15) is 0 Å². The van der Waals surface area contributed by atoms with Crippen molar-refractivity contribution in [2.45, 2.75) is 45.1 Å². The van der Waals surface area contributed by atoms with E-state index in [4.69, 9.17) is 0 Å². The molecule has 1 aliphatic carbocycles. The van der Waals surface area contributed by atoms with Gasteiger partial charge in [0.05, 0.1) is 5.69 Å². The second-order valence-corrected chi connectivity index (χ2v) is 6.27. The number of nitrogens with zero attached hydrogens (tertiary/aromatic N) is 2. The Balaban J connectivity index is 1.55. The standard InChI is InChI=1S/C19H23N3O/c23-19(13-15-4-2-1-3-5-15)22-14-16-6-11-21-18(12-16)17-7-9-20-10-8-17/h6-12,15H,1-5,13-14H2,(H,22,23). The van der Waals surface area contributed by atoms with E-state index in [0.29, 0.717) is 18.9 Å². The van der Waals surface area contributed by atoms with Crippen molar-refractivity contribution in [2.24, 2.45) is 5.92 Å². The first-order chi connectivity index (χ1) is 11.3. The summed E-state index contributed by atoms with van der Waals surface area (Å²) in [6.07, 6.45) is 12.3. The topological polar surface area (TPSA) is 54.9 Å². The number of rotatable bonds is 5. The van der Waals surface area contributed by atoms with Crippen LogP contribution in [-0.4, -0.2) is 15.9 Å². The molecule has 0 aromatic carbocycles. The van der Waals surface area contributed by atoms with E-state index in [1.807, 2.05) is 24.3 Å². The predicted molar refractivity (Wildman–Crippen MR) is 90.5 cm³/mol. The van der Waals surface area contributed by atoms with Crippen molar-refractivity contribution in [3.8, 4) is 11.3 Å². The number of amides is 1. The third-order valence-corrected chi connectivity index (χ3v) is 4.49. The highest BCUT2D eigenvalue weighted by atomic mass is 16.1. The van der Waals surface area contributed by atoms with E-state index in [2.05, 4.69) is 15.3 Å². The Bertz CT molecular complexity index is 636. The van der Waals surface area contributed by atoms with Crippen molar-refractivity contribution in [3.63, 3.8) is 0 Å². The van der Waals surface area contributed by atoms with Crippen LogP contribution in [0.1, 0.15) is 44.1 Å². The molecule has 4 nitrogen and oxygen atoms in total. The molecule has 1 fully saturated rings. The van der Waals surface area contributed by atoms with Crippen LogP contribution < -0.4 is 5.32 Å². The van der Waals surface area contributed by atoms with Crippen molar-refractivity contribution >= 4 is 5.91 Å². The van der Waals surface area contributed by atoms with Gasteiger partial charge in [-0.2, -0.15) is 0 Å². The van der Waals surface area contributed by atoms with E-state index in [0.717, 1.165) is 16.8 Å². The molecule has 2 heterocycles. The van der Waals surface area contributed by atoms with E-state index < -0.39 is 0 Å². The van der Waals surface area contributed by atoms with Gasteiger partial charge in [0.15, 0.2) is 0 Å². The van der Waals surface area contributed by atoms with E-state index in [-0.39, 0.29) is 5.91 Å². The average Bonchev–Trinajstić information content (AvgIpc) is 2.62. The average molecular weight is 309 g/mol. The number of carbonyl (C=O) groups is 1. The fourth-order valence-electron chi connectivity index (χ4n) is 3.19. The lowest BCUT2D eigenvalue weighted by Crippen LogP contribution is -2.25. The molecule has 2 aromatic heterocycles. The van der Waals surface area contributed by atoms with Gasteiger partial charge in [-0.3, -0.25) is 14.8 Å². The molecule has 0 spiro atoms. The van der Waals surface area contributed by atoms with Gasteiger partial charge in [-0.1, -0.05) is 19.3 Å². The zero-order chi connectivity index (χ0) is 15.9. The zero-order valence-corrected chi connectivity index (χ0v) is 13.4. The fraction of sp³-hybridized carbons (Fsp3) is 0.421. The van der Waals surface area contributed by atoms with Crippen molar-refractivity contribution < 1.29 is 4.79 Å². The first-order valence-electron chi connectivity index (χ1n) is 8.43. The van der Waals surface area contributed by atoms with Crippen molar-refractivity contribution in [3.05, 3.63) is 48.4 Å². The van der Waals surface area contributed by atoms with E-state index in [1.165, 1.54) is 32.1 Å². The maximum atomic E-state index is 12.1. The SMILES string of the molecule is O=C(CC1CCCCC1)NCc1ccnc(-c2ccncc2)c1. The highest BCUT2D eigenvalue weighted by Crippen LogP contribution is 2.26. The number of nitrogens with one attached hydrogen (secondary N) is 1. The molecule has 0 saturated heterocycles. The third kappa shape index (κ3) is 4.62. The molecule has 0 unspecified atom stereocenters. The number of carbonyl (C=O) groups excluding carboxylic acids is 1. The summed E-state index contributed by atoms with van der Waals surface area (Å²) in [5, 5.41) is 3.05. The summed E-state index contributed by atoms with van der Waals surface area (Å²) in [5.74, 6) is 0.743. The van der Waals surface area contributed by atoms with Crippen LogP contribution in [0.25, 0.3) is 11.3 Å². The quantitative estimate of drug-likeness (QED) is 0.915. The van der Waals surface area contributed by atoms with Gasteiger partial charge in [0.25, 0.3) is 0 Å². The van der Waals surface area contributed by atoms with Crippen molar-refractivity contribution in [2.75, 3.05) is 0 Å². The molecular weight excluding hydrogens is 286 g/mol. The Hall–Kier alpha value is -2.23. The third-order valence-electron chi connectivity index (χ3n) is 4.49. The lowest BCUT2D eigenvalue weighted by molar-refractivity contribution is -0.122. The summed E-state index contributed by atoms with van der Waals surface area (Å²) in [6, 6.07) is 7.85. The molecule has 2 aromatic rings. The molecular formula is C19H23N3O. The highest BCUT2D eigenvalue weighted by Gasteiger charge is 2.16. The summed E-state index contributed by atoms with van der Waals surface area (Å²) >= 11 is 0. The second-order valence-electron chi connectivity index (χ2n) is 6.27. The zero-order valence-electron chi connectivity index (χ0n) is 13.4. The summed E-state index contributed by atoms with van der Waals surface area (Å²) in [7, 11) is 0. The number of hydrogen-bond donors (Lipinski definition) is 1. The molecule has 1 saturated carbocycles. The van der Waals surface area contributed by atoms with Crippen LogP contribution in [0.3, 0.4) is 0 Å². The Morgan fingerprint density at radius 1 is 1.09 bits per heavy atom. The summed E-state index contributed by atoms with van der Waals surface area (Å²) in [4.78, 5) is 20.5. The maximum Gasteiger partial charge on any atom is 0.220 e. The van der Waals surface area contributed by atoms with Crippen LogP contribution in [0, 0.1) is 5.92 Å². The van der Waals surface area contributed by atoms with Gasteiger partial charge in [0.2, 0.25) is 5.91 Å². The van der Waals surface area contributed by atoms with Gasteiger partial charge in [-0.25, -0.2) is 0 Å². The lowest BCUT2D eigenvalue weighted by atomic mass is 9.87. The molecule has 1 amide bonds. The lowest BCUT2D eigenvalue weighted by Gasteiger charge is -2.20. The second kappa shape index (κ2) is 7.86. The smallest absolute Gasteiger partial charge is 0.220 e. The molecule has 0 bridgehead atoms. The fourth-order valence-corrected chi connectivity index (χ4v) is 3.19. The minimum Gasteiger partial charge on any atom is -0.352 e. The van der Waals surface area contributed by atoms with Crippen molar-refractivity contribution in [1.82, 2.24) is 15.3 Å². The van der Waals surface area contributed by atoms with E-state index in [9.17, 15) is 4.79 Å². The number of pyridine rings is 2. The summed E-state index contributed by atoms with van der Waals surface area (Å²) < 4.78 is 0. The van der Waals surface area contributed by atoms with Gasteiger partial charge < -0.3 is 5.32 Å². The molecule has 0 atom stereocenters. The van der Waals surface area contributed by atoms with Crippen molar-refractivity contribution in [1.29, 1.82) is 0 Å². The molecule has 1 aliphatic rings. The van der Waals surface area contributed by atoms with Gasteiger partial charge >= 0.3 is 0 Å². The number of aromatic nitrogens is 2. The van der Waals surface area contributed by atoms with Gasteiger partial charge in [-0.05, 0) is 48.6 Å². The van der Waals surface area contributed by atoms with Gasteiger partial charge in [-0.15, -0.1) is 0 Å². The Labute approximate surface area is 137 Å². The van der Waals surface area contributed by atoms with Crippen LogP contribution in [0.2, 0.25) is 0 Å². The molecule has 3 rings (SSSR count). The van der Waals surface area contributed by atoms with Crippen LogP contribution in [-0.2, 0) is 11.3 Å². The Morgan fingerprint density at radius 2 is 1.87 bits per heavy atom. The first-order valence-corrected chi connectivity index (χ1v) is 8.43. The molecule has 23 heavy (non-hydrogen) atoms. The molecule has 0 radical (unpaired) electrons. The normalized spacial score (nSPS) is 15.3. The molecule has 4 heteroatoms. The maximum absolute atomic E-state index is 12.1. The van der Waals surface area contributed by atoms with Crippen LogP contribution in [0.15, 0.2) is 42.9 Å². The highest BCUT2D eigenvalue weighted by molar-refractivity contribution is 5.76. The minimum absolute atomic E-state index is 0.166. The van der Waals surface area contributed by atoms with Gasteiger partial charge in [0, 0.05) is 37.1 Å². The molecule has 1 N–H and O–H groups in total. The first kappa shape index (κ1) is 15.7. The summed E-state index contributed by atoms with van der Waals surface area (Å²) in [6.45, 7) is 0.562. The molecule has 0 aliphatic heterocycles. The van der Waals surface area contributed by atoms with E-state index >= 15 is 0 Å². The number of hydrogen-bond acceptors (Lipinski definition) is 3. The molecule has 120 valence electrons. The van der Waals surface area contributed by atoms with Crippen LogP contribution in [0.4, 0.5) is 0 Å². The predicted octanol–water partition coefficient (Wildman–Crippen LogP) is 3.73. The van der Waals surface area contributed by atoms with Crippen LogP contribution >= 0.6 is 0 Å². The monoisotopic (exact) mass is 309 g/mol. The summed E-state index contributed by atoms with van der Waals surface area (Å²) in [5.41, 5.74) is 3.02. The largest absolute Gasteiger partial charge is 0.352 e. The van der Waals surface area contributed by atoms with Crippen LogP contribution in [0.5, 0.6) is 0 Å². The Morgan fingerprint density at radius 3 is 2.65 bits per heavy atom. The van der Waals surface area contributed by atoms with E-state index in [1.54, 1.807) is 18.6 Å². The Kier molecular flexibility index (Phi) is 5.35. The minimum atomic E-state index is 0.166.